The van der Waals surface area contributed by atoms with Gasteiger partial charge in [0, 0.05) is 6.54 Å². The van der Waals surface area contributed by atoms with Crippen molar-refractivity contribution < 1.29 is 12.8 Å². The topological polar surface area (TPSA) is 58.2 Å². The minimum absolute atomic E-state index is 0.00181. The molecule has 0 aliphatic heterocycles. The van der Waals surface area contributed by atoms with E-state index in [9.17, 15) is 12.8 Å². The Bertz CT molecular complexity index is 474. The lowest BCUT2D eigenvalue weighted by atomic mass is 10.2. The summed E-state index contributed by atoms with van der Waals surface area (Å²) in [5, 5.41) is 2.92. The Labute approximate surface area is 101 Å². The Hall–Kier alpha value is -0.980. The van der Waals surface area contributed by atoms with Crippen molar-refractivity contribution in [2.75, 3.05) is 20.1 Å². The Balaban J connectivity index is 2.79. The number of rotatable bonds is 6. The summed E-state index contributed by atoms with van der Waals surface area (Å²) in [6.07, 6.45) is 0.685. The van der Waals surface area contributed by atoms with Crippen LogP contribution in [0.5, 0.6) is 0 Å². The van der Waals surface area contributed by atoms with E-state index in [1.807, 2.05) is 0 Å². The van der Waals surface area contributed by atoms with Crippen molar-refractivity contribution in [2.45, 2.75) is 18.2 Å². The van der Waals surface area contributed by atoms with Gasteiger partial charge in [0.15, 0.2) is 0 Å². The van der Waals surface area contributed by atoms with E-state index in [1.165, 1.54) is 12.1 Å². The molecule has 0 unspecified atom stereocenters. The van der Waals surface area contributed by atoms with E-state index < -0.39 is 15.8 Å². The first-order chi connectivity index (χ1) is 7.97. The first kappa shape index (κ1) is 14.1. The number of hydrogen-bond donors (Lipinski definition) is 2. The summed E-state index contributed by atoms with van der Waals surface area (Å²) in [5.74, 6) is -0.550. The number of aryl methyl sites for hydroxylation is 1. The van der Waals surface area contributed by atoms with Crippen molar-refractivity contribution in [2.24, 2.45) is 0 Å². The van der Waals surface area contributed by atoms with Gasteiger partial charge in [-0.25, -0.2) is 17.5 Å². The molecule has 6 heteroatoms. The van der Waals surface area contributed by atoms with E-state index >= 15 is 0 Å². The number of benzene rings is 1. The number of halogens is 1. The highest BCUT2D eigenvalue weighted by molar-refractivity contribution is 7.89. The largest absolute Gasteiger partial charge is 0.320 e. The van der Waals surface area contributed by atoms with Gasteiger partial charge in [0.2, 0.25) is 10.0 Å². The molecular weight excluding hydrogens is 243 g/mol. The van der Waals surface area contributed by atoms with Gasteiger partial charge >= 0.3 is 0 Å². The highest BCUT2D eigenvalue weighted by atomic mass is 32.2. The lowest BCUT2D eigenvalue weighted by Gasteiger charge is -2.09. The van der Waals surface area contributed by atoms with Gasteiger partial charge in [-0.15, -0.1) is 0 Å². The van der Waals surface area contributed by atoms with Crippen LogP contribution in [0.3, 0.4) is 0 Å². The van der Waals surface area contributed by atoms with Gasteiger partial charge in [-0.2, -0.15) is 0 Å². The molecule has 17 heavy (non-hydrogen) atoms. The van der Waals surface area contributed by atoms with Crippen LogP contribution in [0.2, 0.25) is 0 Å². The highest BCUT2D eigenvalue weighted by Gasteiger charge is 2.16. The summed E-state index contributed by atoms with van der Waals surface area (Å²) >= 11 is 0. The van der Waals surface area contributed by atoms with Crippen molar-refractivity contribution in [3.8, 4) is 0 Å². The molecule has 0 aromatic heterocycles. The molecular formula is C11H17FN2O2S. The van der Waals surface area contributed by atoms with Gasteiger partial charge in [-0.05, 0) is 44.6 Å². The van der Waals surface area contributed by atoms with Crippen LogP contribution in [0.15, 0.2) is 23.1 Å². The van der Waals surface area contributed by atoms with Crippen molar-refractivity contribution in [3.63, 3.8) is 0 Å². The van der Waals surface area contributed by atoms with Crippen LogP contribution < -0.4 is 10.0 Å². The van der Waals surface area contributed by atoms with Crippen LogP contribution in [-0.4, -0.2) is 28.6 Å². The zero-order valence-corrected chi connectivity index (χ0v) is 10.8. The molecule has 0 spiro atoms. The lowest BCUT2D eigenvalue weighted by Crippen LogP contribution is -2.27. The van der Waals surface area contributed by atoms with Crippen molar-refractivity contribution >= 4 is 10.0 Å². The fourth-order valence-corrected chi connectivity index (χ4v) is 2.74. The molecule has 4 nitrogen and oxygen atoms in total. The molecule has 1 rings (SSSR count). The van der Waals surface area contributed by atoms with Crippen LogP contribution in [0.4, 0.5) is 4.39 Å². The van der Waals surface area contributed by atoms with Gasteiger partial charge in [0.1, 0.15) is 5.82 Å². The van der Waals surface area contributed by atoms with Gasteiger partial charge < -0.3 is 5.32 Å². The summed E-state index contributed by atoms with van der Waals surface area (Å²) in [5.41, 5.74) is 0.535. The molecule has 1 aromatic rings. The van der Waals surface area contributed by atoms with Crippen molar-refractivity contribution in [3.05, 3.63) is 29.6 Å². The minimum Gasteiger partial charge on any atom is -0.320 e. The molecule has 2 N–H and O–H groups in total. The second kappa shape index (κ2) is 6.09. The molecule has 1 aromatic carbocycles. The van der Waals surface area contributed by atoms with Crippen LogP contribution in [0, 0.1) is 12.7 Å². The molecule has 0 bridgehead atoms. The Morgan fingerprint density at radius 2 is 2.00 bits per heavy atom. The molecule has 0 atom stereocenters. The van der Waals surface area contributed by atoms with Crippen molar-refractivity contribution in [1.29, 1.82) is 0 Å². The average Bonchev–Trinajstić information content (AvgIpc) is 2.28. The molecule has 0 saturated heterocycles. The normalized spacial score (nSPS) is 11.7. The standard InChI is InChI=1S/C11H17FN2O2S/c1-9-4-5-10(12)8-11(9)17(15,16)14-7-3-6-13-2/h4-5,8,13-14H,3,6-7H2,1-2H3. The van der Waals surface area contributed by atoms with E-state index in [2.05, 4.69) is 10.0 Å². The maximum absolute atomic E-state index is 13.0. The maximum Gasteiger partial charge on any atom is 0.240 e. The summed E-state index contributed by atoms with van der Waals surface area (Å²) in [6, 6.07) is 3.74. The first-order valence-corrected chi connectivity index (χ1v) is 6.86. The third-order valence-corrected chi connectivity index (χ3v) is 3.94. The van der Waals surface area contributed by atoms with Crippen LogP contribution >= 0.6 is 0 Å². The molecule has 0 heterocycles. The quantitative estimate of drug-likeness (QED) is 0.751. The molecule has 0 saturated carbocycles. The maximum atomic E-state index is 13.0. The summed E-state index contributed by atoms with van der Waals surface area (Å²) in [6.45, 7) is 2.70. The van der Waals surface area contributed by atoms with E-state index in [0.29, 0.717) is 18.5 Å². The third kappa shape index (κ3) is 4.07. The van der Waals surface area contributed by atoms with E-state index in [1.54, 1.807) is 14.0 Å². The summed E-state index contributed by atoms with van der Waals surface area (Å²) < 4.78 is 39.2. The van der Waals surface area contributed by atoms with Crippen molar-refractivity contribution in [1.82, 2.24) is 10.0 Å². The number of hydrogen-bond acceptors (Lipinski definition) is 3. The SMILES string of the molecule is CNCCCNS(=O)(=O)c1cc(F)ccc1C. The second-order valence-electron chi connectivity index (χ2n) is 3.76. The predicted octanol–water partition coefficient (Wildman–Crippen LogP) is 1.02. The van der Waals surface area contributed by atoms with E-state index in [4.69, 9.17) is 0 Å². The van der Waals surface area contributed by atoms with Crippen LogP contribution in [0.1, 0.15) is 12.0 Å². The molecule has 96 valence electrons. The molecule has 0 amide bonds. The number of nitrogens with one attached hydrogen (secondary N) is 2. The third-order valence-electron chi connectivity index (χ3n) is 2.34. The summed E-state index contributed by atoms with van der Waals surface area (Å²) in [4.78, 5) is 0.00181. The number of sulfonamides is 1. The monoisotopic (exact) mass is 260 g/mol. The van der Waals surface area contributed by atoms with Crippen LogP contribution in [-0.2, 0) is 10.0 Å². The van der Waals surface area contributed by atoms with Crippen LogP contribution in [0.25, 0.3) is 0 Å². The van der Waals surface area contributed by atoms with E-state index in [0.717, 1.165) is 12.6 Å². The molecule has 0 radical (unpaired) electrons. The van der Waals surface area contributed by atoms with E-state index in [-0.39, 0.29) is 4.90 Å². The smallest absolute Gasteiger partial charge is 0.240 e. The van der Waals surface area contributed by atoms with Gasteiger partial charge in [-0.3, -0.25) is 0 Å². The average molecular weight is 260 g/mol. The Morgan fingerprint density at radius 3 is 2.65 bits per heavy atom. The van der Waals surface area contributed by atoms with Gasteiger partial charge in [0.05, 0.1) is 4.90 Å². The Morgan fingerprint density at radius 1 is 1.29 bits per heavy atom. The fraction of sp³-hybridized carbons (Fsp3) is 0.455. The summed E-state index contributed by atoms with van der Waals surface area (Å²) in [7, 11) is -1.81. The zero-order chi connectivity index (χ0) is 12.9. The highest BCUT2D eigenvalue weighted by Crippen LogP contribution is 2.15. The molecule has 0 fully saturated rings. The molecule has 0 aliphatic carbocycles. The predicted molar refractivity (Wildman–Crippen MR) is 64.9 cm³/mol. The minimum atomic E-state index is -3.61. The fourth-order valence-electron chi connectivity index (χ4n) is 1.41. The zero-order valence-electron chi connectivity index (χ0n) is 9.96. The lowest BCUT2D eigenvalue weighted by molar-refractivity contribution is 0.573. The van der Waals surface area contributed by atoms with Gasteiger partial charge in [0.25, 0.3) is 0 Å². The first-order valence-electron chi connectivity index (χ1n) is 5.38. The second-order valence-corrected chi connectivity index (χ2v) is 5.50. The van der Waals surface area contributed by atoms with Gasteiger partial charge in [-0.1, -0.05) is 6.07 Å². The Kier molecular flexibility index (Phi) is 5.04. The molecule has 0 aliphatic rings.